The summed E-state index contributed by atoms with van der Waals surface area (Å²) >= 11 is 0. The van der Waals surface area contributed by atoms with E-state index < -0.39 is 34.6 Å². The highest BCUT2D eigenvalue weighted by atomic mass is 19.1. The van der Waals surface area contributed by atoms with Crippen LogP contribution in [0.25, 0.3) is 27.8 Å². The number of aromatic amines is 1. The number of benzene rings is 2. The van der Waals surface area contributed by atoms with Crippen molar-refractivity contribution in [1.29, 1.82) is 0 Å². The molecule has 0 radical (unpaired) electrons. The number of nitrogens with one attached hydrogen (secondary N) is 1. The van der Waals surface area contributed by atoms with E-state index in [2.05, 4.69) is 10.1 Å². The molecule has 4 aromatic rings. The Morgan fingerprint density at radius 2 is 1.75 bits per heavy atom. The minimum atomic E-state index is -0.914. The predicted octanol–water partition coefficient (Wildman–Crippen LogP) is 2.90. The molecule has 2 heterocycles. The molecule has 0 fully saturated rings. The molecule has 0 saturated carbocycles. The molecule has 3 N–H and O–H groups in total. The fourth-order valence-electron chi connectivity index (χ4n) is 2.99. The molecule has 4 rings (SSSR count). The van der Waals surface area contributed by atoms with Gasteiger partial charge in [-0.15, -0.1) is 0 Å². The predicted molar refractivity (Wildman–Crippen MR) is 95.5 cm³/mol. The standard InChI is InChI=1S/C19H11F3N4O2/c20-11-5-4-9(18(23)27)8-10(11)16-15-14(6-7-24-19(15)28)26(25-16)17-12(21)2-1-3-13(17)22/h1-8H,(H2,23,27)(H,24,28). The first kappa shape index (κ1) is 17.5. The van der Waals surface area contributed by atoms with Crippen molar-refractivity contribution in [2.75, 3.05) is 0 Å². The van der Waals surface area contributed by atoms with Crippen LogP contribution in [0.2, 0.25) is 0 Å². The van der Waals surface area contributed by atoms with Crippen LogP contribution in [0, 0.1) is 17.5 Å². The molecule has 6 nitrogen and oxygen atoms in total. The van der Waals surface area contributed by atoms with E-state index in [1.54, 1.807) is 0 Å². The minimum absolute atomic E-state index is 0.0106. The van der Waals surface area contributed by atoms with E-state index in [0.29, 0.717) is 0 Å². The summed E-state index contributed by atoms with van der Waals surface area (Å²) in [6.07, 6.45) is 1.28. The summed E-state index contributed by atoms with van der Waals surface area (Å²) in [5, 5.41) is 4.01. The number of hydrogen-bond acceptors (Lipinski definition) is 3. The minimum Gasteiger partial charge on any atom is -0.366 e. The van der Waals surface area contributed by atoms with Crippen molar-refractivity contribution < 1.29 is 18.0 Å². The largest absolute Gasteiger partial charge is 0.366 e. The lowest BCUT2D eigenvalue weighted by atomic mass is 10.0. The van der Waals surface area contributed by atoms with Gasteiger partial charge in [0.05, 0.1) is 10.9 Å². The number of primary amides is 1. The molecule has 1 amide bonds. The molecule has 0 aliphatic rings. The van der Waals surface area contributed by atoms with Crippen molar-refractivity contribution >= 4 is 16.8 Å². The molecule has 140 valence electrons. The van der Waals surface area contributed by atoms with Crippen LogP contribution in [-0.4, -0.2) is 20.7 Å². The Labute approximate surface area is 155 Å². The summed E-state index contributed by atoms with van der Waals surface area (Å²) in [4.78, 5) is 26.3. The second kappa shape index (κ2) is 6.38. The summed E-state index contributed by atoms with van der Waals surface area (Å²) in [6.45, 7) is 0. The van der Waals surface area contributed by atoms with E-state index in [1.807, 2.05) is 0 Å². The van der Waals surface area contributed by atoms with Gasteiger partial charge in [0.2, 0.25) is 5.91 Å². The first-order chi connectivity index (χ1) is 13.4. The van der Waals surface area contributed by atoms with Crippen LogP contribution in [0.5, 0.6) is 0 Å². The van der Waals surface area contributed by atoms with Crippen LogP contribution in [0.4, 0.5) is 13.2 Å². The quantitative estimate of drug-likeness (QED) is 0.569. The fourth-order valence-corrected chi connectivity index (χ4v) is 2.99. The van der Waals surface area contributed by atoms with Gasteiger partial charge < -0.3 is 10.7 Å². The van der Waals surface area contributed by atoms with Gasteiger partial charge in [-0.25, -0.2) is 17.9 Å². The van der Waals surface area contributed by atoms with Crippen molar-refractivity contribution in [3.8, 4) is 16.9 Å². The van der Waals surface area contributed by atoms with Crippen LogP contribution in [-0.2, 0) is 0 Å². The number of nitrogens with two attached hydrogens (primary N) is 1. The highest BCUT2D eigenvalue weighted by Crippen LogP contribution is 2.31. The monoisotopic (exact) mass is 384 g/mol. The number of para-hydroxylation sites is 1. The van der Waals surface area contributed by atoms with E-state index >= 15 is 0 Å². The number of aromatic nitrogens is 3. The van der Waals surface area contributed by atoms with Crippen LogP contribution >= 0.6 is 0 Å². The third kappa shape index (κ3) is 2.64. The number of H-pyrrole nitrogens is 1. The summed E-state index contributed by atoms with van der Waals surface area (Å²) in [6, 6.07) is 7.95. The normalized spacial score (nSPS) is 11.1. The maximum atomic E-state index is 14.5. The van der Waals surface area contributed by atoms with Crippen LogP contribution in [0.3, 0.4) is 0 Å². The number of nitrogens with zero attached hydrogens (tertiary/aromatic N) is 2. The maximum Gasteiger partial charge on any atom is 0.259 e. The van der Waals surface area contributed by atoms with Gasteiger partial charge in [-0.1, -0.05) is 6.07 Å². The molecule has 2 aromatic carbocycles. The van der Waals surface area contributed by atoms with Gasteiger partial charge in [-0.05, 0) is 36.4 Å². The molecule has 2 aromatic heterocycles. The van der Waals surface area contributed by atoms with Gasteiger partial charge in [0.1, 0.15) is 17.2 Å². The lowest BCUT2D eigenvalue weighted by molar-refractivity contribution is 0.100. The van der Waals surface area contributed by atoms with Gasteiger partial charge in [-0.3, -0.25) is 9.59 Å². The van der Waals surface area contributed by atoms with Gasteiger partial charge in [0.15, 0.2) is 11.6 Å². The van der Waals surface area contributed by atoms with Gasteiger partial charge in [0, 0.05) is 17.3 Å². The SMILES string of the molecule is NC(=O)c1ccc(F)c(-c2nn(-c3c(F)cccc3F)c3cc[nH]c(=O)c23)c1. The average Bonchev–Trinajstić information content (AvgIpc) is 3.02. The van der Waals surface area contributed by atoms with Gasteiger partial charge in [-0.2, -0.15) is 5.10 Å². The smallest absolute Gasteiger partial charge is 0.259 e. The molecule has 0 bridgehead atoms. The Hall–Kier alpha value is -3.88. The summed E-state index contributed by atoms with van der Waals surface area (Å²) in [7, 11) is 0. The maximum absolute atomic E-state index is 14.5. The number of carbonyl (C=O) groups excluding carboxylic acids is 1. The third-order valence-corrected chi connectivity index (χ3v) is 4.26. The molecular formula is C19H11F3N4O2. The molecule has 0 saturated heterocycles. The third-order valence-electron chi connectivity index (χ3n) is 4.26. The fraction of sp³-hybridized carbons (Fsp3) is 0. The molecular weight excluding hydrogens is 373 g/mol. The second-order valence-electron chi connectivity index (χ2n) is 5.96. The molecule has 0 atom stereocenters. The number of hydrogen-bond donors (Lipinski definition) is 2. The number of rotatable bonds is 3. The Balaban J connectivity index is 2.12. The topological polar surface area (TPSA) is 93.8 Å². The Morgan fingerprint density at radius 1 is 1.04 bits per heavy atom. The van der Waals surface area contributed by atoms with Crippen molar-refractivity contribution in [2.45, 2.75) is 0 Å². The number of amides is 1. The van der Waals surface area contributed by atoms with Gasteiger partial charge >= 0.3 is 0 Å². The summed E-state index contributed by atoms with van der Waals surface area (Å²) in [5.74, 6) is -3.42. The van der Waals surface area contributed by atoms with Crippen molar-refractivity contribution in [2.24, 2.45) is 5.73 Å². The molecule has 0 spiro atoms. The zero-order valence-electron chi connectivity index (χ0n) is 14.0. The lowest BCUT2D eigenvalue weighted by Gasteiger charge is -2.06. The molecule has 28 heavy (non-hydrogen) atoms. The van der Waals surface area contributed by atoms with Crippen molar-refractivity contribution in [3.63, 3.8) is 0 Å². The summed E-state index contributed by atoms with van der Waals surface area (Å²) in [5.41, 5.74) is 3.75. The van der Waals surface area contributed by atoms with Crippen LogP contribution in [0.15, 0.2) is 53.5 Å². The first-order valence-electron chi connectivity index (χ1n) is 8.03. The number of pyridine rings is 1. The molecule has 0 aliphatic carbocycles. The van der Waals surface area contributed by atoms with E-state index in [1.165, 1.54) is 24.4 Å². The first-order valence-corrected chi connectivity index (χ1v) is 8.03. The van der Waals surface area contributed by atoms with Crippen molar-refractivity contribution in [1.82, 2.24) is 14.8 Å². The molecule has 0 unspecified atom stereocenters. The Morgan fingerprint density at radius 3 is 2.43 bits per heavy atom. The lowest BCUT2D eigenvalue weighted by Crippen LogP contribution is -2.11. The van der Waals surface area contributed by atoms with E-state index in [0.717, 1.165) is 28.9 Å². The summed E-state index contributed by atoms with van der Waals surface area (Å²) < 4.78 is 44.0. The van der Waals surface area contributed by atoms with Crippen molar-refractivity contribution in [3.05, 3.63) is 82.0 Å². The average molecular weight is 384 g/mol. The Kier molecular flexibility index (Phi) is 3.99. The van der Waals surface area contributed by atoms with E-state index in [-0.39, 0.29) is 27.7 Å². The van der Waals surface area contributed by atoms with E-state index in [4.69, 9.17) is 5.73 Å². The molecule has 9 heteroatoms. The van der Waals surface area contributed by atoms with Crippen LogP contribution < -0.4 is 11.3 Å². The zero-order valence-corrected chi connectivity index (χ0v) is 14.0. The highest BCUT2D eigenvalue weighted by molar-refractivity contribution is 5.97. The number of carbonyl (C=O) groups is 1. The zero-order chi connectivity index (χ0) is 20.0. The Bertz CT molecular complexity index is 1290. The van der Waals surface area contributed by atoms with Crippen LogP contribution in [0.1, 0.15) is 10.4 Å². The highest BCUT2D eigenvalue weighted by Gasteiger charge is 2.23. The van der Waals surface area contributed by atoms with Gasteiger partial charge in [0.25, 0.3) is 5.56 Å². The second-order valence-corrected chi connectivity index (χ2v) is 5.96. The van der Waals surface area contributed by atoms with E-state index in [9.17, 15) is 22.8 Å². The molecule has 0 aliphatic heterocycles. The number of halogens is 3. The number of fused-ring (bicyclic) bond motifs is 1.